The van der Waals surface area contributed by atoms with E-state index in [1.54, 1.807) is 20.8 Å². The van der Waals surface area contributed by atoms with Crippen LogP contribution in [0.4, 0.5) is 23.2 Å². The zero-order valence-corrected chi connectivity index (χ0v) is 17.1. The predicted molar refractivity (Wildman–Crippen MR) is 103 cm³/mol. The smallest absolute Gasteiger partial charge is 0.357 e. The first-order chi connectivity index (χ1) is 13.2. The third kappa shape index (κ3) is 5.83. The van der Waals surface area contributed by atoms with Crippen LogP contribution in [0.2, 0.25) is 5.02 Å². The first kappa shape index (κ1) is 23.0. The van der Waals surface area contributed by atoms with E-state index in [0.29, 0.717) is 0 Å². The number of hydrogen-bond acceptors (Lipinski definition) is 4. The molecule has 2 rings (SSSR count). The van der Waals surface area contributed by atoms with Crippen molar-refractivity contribution in [1.29, 1.82) is 0 Å². The van der Waals surface area contributed by atoms with E-state index in [0.717, 1.165) is 18.2 Å². The second-order valence-corrected chi connectivity index (χ2v) is 9.09. The number of hydrogen-bond donors (Lipinski definition) is 1. The fourth-order valence-corrected chi connectivity index (χ4v) is 2.94. The minimum absolute atomic E-state index is 0.0000586. The van der Waals surface area contributed by atoms with E-state index in [9.17, 15) is 26.0 Å². The van der Waals surface area contributed by atoms with Gasteiger partial charge in [-0.3, -0.25) is 4.72 Å². The quantitative estimate of drug-likeness (QED) is 0.366. The Kier molecular flexibility index (Phi) is 6.48. The van der Waals surface area contributed by atoms with E-state index >= 15 is 0 Å². The highest BCUT2D eigenvalue weighted by atomic mass is 35.5. The third-order valence-electron chi connectivity index (χ3n) is 3.55. The van der Waals surface area contributed by atoms with Gasteiger partial charge in [-0.25, -0.2) is 4.39 Å². The van der Waals surface area contributed by atoms with Gasteiger partial charge in [-0.1, -0.05) is 37.5 Å². The van der Waals surface area contributed by atoms with Crippen LogP contribution < -0.4 is 9.56 Å². The monoisotopic (exact) mass is 452 g/mol. The Morgan fingerprint density at radius 3 is 2.17 bits per heavy atom. The van der Waals surface area contributed by atoms with Crippen LogP contribution in [0, 0.1) is 11.2 Å². The lowest BCUT2D eigenvalue weighted by Crippen LogP contribution is -2.31. The molecule has 0 unspecified atom stereocenters. The molecular weight excluding hydrogens is 436 g/mol. The molecule has 0 aromatic heterocycles. The molecule has 0 heterocycles. The summed E-state index contributed by atoms with van der Waals surface area (Å²) in [6, 6.07) is 8.51. The maximum Gasteiger partial charge on any atom is 0.516 e. The van der Waals surface area contributed by atoms with Gasteiger partial charge in [0, 0.05) is 16.0 Å². The molecule has 29 heavy (non-hydrogen) atoms. The summed E-state index contributed by atoms with van der Waals surface area (Å²) in [4.78, 5) is 5.28. The number of halogens is 5. The van der Waals surface area contributed by atoms with Crippen LogP contribution in [-0.4, -0.2) is 19.6 Å². The number of rotatable bonds is 5. The summed E-state index contributed by atoms with van der Waals surface area (Å²) in [6.07, 6.45) is 0. The molecule has 0 saturated carbocycles. The summed E-state index contributed by atoms with van der Waals surface area (Å²) in [7, 11) is -5.67. The molecule has 0 aliphatic carbocycles. The Labute approximate surface area is 170 Å². The largest absolute Gasteiger partial charge is 0.516 e. The summed E-state index contributed by atoms with van der Waals surface area (Å²) in [5.41, 5.74) is -6.55. The maximum absolute atomic E-state index is 13.0. The fraction of sp³-hybridized carbons (Fsp3) is 0.278. The predicted octanol–water partition coefficient (Wildman–Crippen LogP) is 5.57. The van der Waals surface area contributed by atoms with Crippen molar-refractivity contribution < 1.29 is 30.8 Å². The van der Waals surface area contributed by atoms with Gasteiger partial charge in [-0.2, -0.15) is 21.6 Å². The lowest BCUT2D eigenvalue weighted by Gasteiger charge is -2.24. The van der Waals surface area contributed by atoms with Crippen molar-refractivity contribution in [2.45, 2.75) is 26.3 Å². The van der Waals surface area contributed by atoms with E-state index in [-0.39, 0.29) is 27.7 Å². The van der Waals surface area contributed by atoms with E-state index < -0.39 is 26.8 Å². The molecule has 158 valence electrons. The van der Waals surface area contributed by atoms with Gasteiger partial charge in [0.05, 0.1) is 11.4 Å². The highest BCUT2D eigenvalue weighted by Crippen LogP contribution is 2.33. The number of nitrogens with one attached hydrogen (secondary N) is 1. The Morgan fingerprint density at radius 2 is 1.66 bits per heavy atom. The standard InChI is InChI=1S/C18H17ClF4N2O3S/c1-17(2,3)16(24-28-13-7-5-12(20)6-8-13)14-10-11(19)4-9-15(14)25-29(26,27)18(21,22)23/h4-10,25H,1-3H3/b24-16+. The Balaban J connectivity index is 2.55. The van der Waals surface area contributed by atoms with Crippen LogP contribution in [0.15, 0.2) is 47.6 Å². The maximum atomic E-state index is 13.0. The molecule has 0 saturated heterocycles. The summed E-state index contributed by atoms with van der Waals surface area (Å²) in [5.74, 6) is -0.316. The fourth-order valence-electron chi connectivity index (χ4n) is 2.19. The molecule has 2 aromatic rings. The van der Waals surface area contributed by atoms with Gasteiger partial charge >= 0.3 is 15.5 Å². The van der Waals surface area contributed by atoms with Crippen molar-refractivity contribution in [1.82, 2.24) is 0 Å². The number of nitrogens with zero attached hydrogens (tertiary/aromatic N) is 1. The van der Waals surface area contributed by atoms with Crippen LogP contribution >= 0.6 is 11.6 Å². The van der Waals surface area contributed by atoms with Crippen molar-refractivity contribution in [3.8, 4) is 5.75 Å². The SMILES string of the molecule is CC(C)(C)/C(=N/Oc1ccc(F)cc1)c1cc(Cl)ccc1NS(=O)(=O)C(F)(F)F. The Hall–Kier alpha value is -2.33. The van der Waals surface area contributed by atoms with Gasteiger partial charge < -0.3 is 4.84 Å². The van der Waals surface area contributed by atoms with Gasteiger partial charge in [0.25, 0.3) is 0 Å². The van der Waals surface area contributed by atoms with E-state index in [2.05, 4.69) is 5.16 Å². The number of benzene rings is 2. The zero-order chi connectivity index (χ0) is 22.0. The minimum atomic E-state index is -5.67. The van der Waals surface area contributed by atoms with Gasteiger partial charge in [-0.05, 0) is 42.5 Å². The molecule has 11 heteroatoms. The van der Waals surface area contributed by atoms with E-state index in [1.807, 2.05) is 0 Å². The number of sulfonamides is 1. The van der Waals surface area contributed by atoms with Crippen LogP contribution in [0.1, 0.15) is 26.3 Å². The van der Waals surface area contributed by atoms with E-state index in [1.165, 1.54) is 29.0 Å². The van der Waals surface area contributed by atoms with Crippen molar-refractivity contribution >= 4 is 33.0 Å². The Bertz CT molecular complexity index is 1010. The van der Waals surface area contributed by atoms with Gasteiger partial charge in [0.1, 0.15) is 5.82 Å². The number of anilines is 1. The topological polar surface area (TPSA) is 67.8 Å². The van der Waals surface area contributed by atoms with Gasteiger partial charge in [0.15, 0.2) is 5.75 Å². The van der Waals surface area contributed by atoms with Crippen LogP contribution in [0.25, 0.3) is 0 Å². The zero-order valence-electron chi connectivity index (χ0n) is 15.5. The molecule has 0 atom stereocenters. The average Bonchev–Trinajstić information content (AvgIpc) is 2.56. The second kappa shape index (κ2) is 8.19. The van der Waals surface area contributed by atoms with Crippen molar-refractivity contribution in [3.05, 3.63) is 58.9 Å². The van der Waals surface area contributed by atoms with E-state index in [4.69, 9.17) is 16.4 Å². The lowest BCUT2D eigenvalue weighted by atomic mass is 9.85. The van der Waals surface area contributed by atoms with Crippen molar-refractivity contribution in [2.75, 3.05) is 4.72 Å². The number of alkyl halides is 3. The molecule has 0 bridgehead atoms. The highest BCUT2D eigenvalue weighted by molar-refractivity contribution is 7.93. The normalized spacial score (nSPS) is 13.3. The van der Waals surface area contributed by atoms with Crippen molar-refractivity contribution in [3.63, 3.8) is 0 Å². The molecule has 0 radical (unpaired) electrons. The molecule has 0 fully saturated rings. The van der Waals surface area contributed by atoms with Crippen LogP contribution in [0.5, 0.6) is 5.75 Å². The third-order valence-corrected chi connectivity index (χ3v) is 4.89. The van der Waals surface area contributed by atoms with Crippen molar-refractivity contribution in [2.24, 2.45) is 10.6 Å². The highest BCUT2D eigenvalue weighted by Gasteiger charge is 2.46. The van der Waals surface area contributed by atoms with Gasteiger partial charge in [-0.15, -0.1) is 0 Å². The molecule has 0 spiro atoms. The molecule has 1 N–H and O–H groups in total. The molecular formula is C18H17ClF4N2O3S. The first-order valence-corrected chi connectivity index (χ1v) is 9.97. The molecule has 5 nitrogen and oxygen atoms in total. The Morgan fingerprint density at radius 1 is 1.07 bits per heavy atom. The summed E-state index contributed by atoms with van der Waals surface area (Å²) < 4.78 is 76.1. The summed E-state index contributed by atoms with van der Waals surface area (Å²) in [6.45, 7) is 5.09. The van der Waals surface area contributed by atoms with Crippen LogP contribution in [0.3, 0.4) is 0 Å². The van der Waals surface area contributed by atoms with Crippen LogP contribution in [-0.2, 0) is 10.0 Å². The molecule has 0 aliphatic rings. The minimum Gasteiger partial charge on any atom is -0.357 e. The number of oxime groups is 1. The lowest BCUT2D eigenvalue weighted by molar-refractivity contribution is -0.0429. The second-order valence-electron chi connectivity index (χ2n) is 6.98. The summed E-state index contributed by atoms with van der Waals surface area (Å²) >= 11 is 5.97. The molecule has 0 amide bonds. The summed E-state index contributed by atoms with van der Waals surface area (Å²) in [5, 5.41) is 4.13. The molecule has 0 aliphatic heterocycles. The van der Waals surface area contributed by atoms with Gasteiger partial charge in [0.2, 0.25) is 0 Å². The first-order valence-electron chi connectivity index (χ1n) is 8.11. The molecule has 2 aromatic carbocycles. The average molecular weight is 453 g/mol.